The van der Waals surface area contributed by atoms with Gasteiger partial charge in [-0.1, -0.05) is 54.6 Å². The topological polar surface area (TPSA) is 0 Å². The van der Waals surface area contributed by atoms with Crippen molar-refractivity contribution in [2.75, 3.05) is 0 Å². The Kier molecular flexibility index (Phi) is 13.8. The molecule has 0 atom stereocenters. The summed E-state index contributed by atoms with van der Waals surface area (Å²) in [5.74, 6) is 0. The van der Waals surface area contributed by atoms with E-state index in [9.17, 15) is 0 Å². The fourth-order valence-corrected chi connectivity index (χ4v) is 1.80. The van der Waals surface area contributed by atoms with Gasteiger partial charge in [-0.3, -0.25) is 0 Å². The first-order valence-electron chi connectivity index (χ1n) is 6.40. The summed E-state index contributed by atoms with van der Waals surface area (Å²) in [6.07, 6.45) is 0. The molecule has 0 aliphatic carbocycles. The van der Waals surface area contributed by atoms with Crippen molar-refractivity contribution in [2.24, 2.45) is 0 Å². The number of hydrogen-bond acceptors (Lipinski definition) is 3. The molecule has 0 bridgehead atoms. The third kappa shape index (κ3) is 12.1. The molecule has 0 aliphatic rings. The predicted molar refractivity (Wildman–Crippen MR) is 107 cm³/mol. The van der Waals surface area contributed by atoms with E-state index in [1.54, 1.807) is 0 Å². The Bertz CT molecular complexity index is 497. The van der Waals surface area contributed by atoms with Crippen LogP contribution in [-0.2, 0) is 0 Å². The molecule has 0 saturated carbocycles. The van der Waals surface area contributed by atoms with Gasteiger partial charge in [-0.15, -0.1) is 37.9 Å². The van der Waals surface area contributed by atoms with Gasteiger partial charge < -0.3 is 0 Å². The van der Waals surface area contributed by atoms with Crippen LogP contribution in [0.5, 0.6) is 0 Å². The largest absolute Gasteiger partial charge is 0.143 e. The van der Waals surface area contributed by atoms with Crippen molar-refractivity contribution in [3.8, 4) is 0 Å². The molecule has 0 nitrogen and oxygen atoms in total. The normalized spacial score (nSPS) is 8.32. The van der Waals surface area contributed by atoms with Gasteiger partial charge in [0.1, 0.15) is 0 Å². The van der Waals surface area contributed by atoms with Gasteiger partial charge in [-0.05, 0) is 36.4 Å². The average molecular weight is 449 g/mol. The predicted octanol–water partition coefficient (Wildman–Crippen LogP) is 5.55. The summed E-state index contributed by atoms with van der Waals surface area (Å²) < 4.78 is 0. The number of thiol groups is 3. The van der Waals surface area contributed by atoms with Crippen LogP contribution in [0, 0.1) is 0 Å². The van der Waals surface area contributed by atoms with Crippen molar-refractivity contribution in [3.63, 3.8) is 0 Å². The quantitative estimate of drug-likeness (QED) is 0.291. The first-order valence-corrected chi connectivity index (χ1v) is 7.74. The average Bonchev–Trinajstić information content (AvgIpc) is 2.51. The van der Waals surface area contributed by atoms with Crippen molar-refractivity contribution in [2.45, 2.75) is 14.7 Å². The zero-order valence-electron chi connectivity index (χ0n) is 12.0. The molecule has 0 spiro atoms. The van der Waals surface area contributed by atoms with Crippen LogP contribution in [0.4, 0.5) is 0 Å². The summed E-state index contributed by atoms with van der Waals surface area (Å²) in [7, 11) is 0. The maximum absolute atomic E-state index is 4.08. The van der Waals surface area contributed by atoms with Crippen LogP contribution in [-0.4, -0.2) is 23.9 Å². The van der Waals surface area contributed by atoms with E-state index < -0.39 is 0 Å². The Labute approximate surface area is 166 Å². The molecule has 0 amide bonds. The minimum absolute atomic E-state index is 0. The van der Waals surface area contributed by atoms with Gasteiger partial charge in [0.05, 0.1) is 0 Å². The van der Waals surface area contributed by atoms with E-state index in [2.05, 4.69) is 37.9 Å². The Balaban J connectivity index is 0.000000294. The van der Waals surface area contributed by atoms with Crippen LogP contribution >= 0.6 is 37.9 Å². The molecule has 0 aliphatic heterocycles. The second-order valence-electron chi connectivity index (χ2n) is 4.01. The fourth-order valence-electron chi connectivity index (χ4n) is 1.28. The molecule has 0 aromatic heterocycles. The van der Waals surface area contributed by atoms with E-state index in [4.69, 9.17) is 0 Å². The Hall–Kier alpha value is -0.491. The maximum Gasteiger partial charge on any atom is 0.00399 e. The van der Waals surface area contributed by atoms with Crippen LogP contribution in [0.2, 0.25) is 0 Å². The summed E-state index contributed by atoms with van der Waals surface area (Å²) in [5, 5.41) is 0. The van der Waals surface area contributed by atoms with Crippen LogP contribution in [0.25, 0.3) is 0 Å². The van der Waals surface area contributed by atoms with E-state index in [0.29, 0.717) is 0 Å². The van der Waals surface area contributed by atoms with Crippen molar-refractivity contribution < 1.29 is 0 Å². The van der Waals surface area contributed by atoms with Gasteiger partial charge in [-0.2, -0.15) is 0 Å². The van der Waals surface area contributed by atoms with Crippen molar-refractivity contribution in [1.82, 2.24) is 0 Å². The summed E-state index contributed by atoms with van der Waals surface area (Å²) in [6.45, 7) is 0. The zero-order chi connectivity index (χ0) is 15.3. The van der Waals surface area contributed by atoms with Crippen LogP contribution in [0.3, 0.4) is 0 Å². The summed E-state index contributed by atoms with van der Waals surface area (Å²) in [4.78, 5) is 3.05. The van der Waals surface area contributed by atoms with Gasteiger partial charge >= 0.3 is 0 Å². The molecular formula is C18H18S3Sn. The van der Waals surface area contributed by atoms with Crippen molar-refractivity contribution in [3.05, 3.63) is 91.0 Å². The monoisotopic (exact) mass is 450 g/mol. The molecule has 22 heavy (non-hydrogen) atoms. The molecule has 3 rings (SSSR count). The molecule has 112 valence electrons. The van der Waals surface area contributed by atoms with Gasteiger partial charge in [0.15, 0.2) is 0 Å². The Morgan fingerprint density at radius 3 is 0.636 bits per heavy atom. The maximum atomic E-state index is 4.08. The van der Waals surface area contributed by atoms with E-state index in [-0.39, 0.29) is 23.9 Å². The molecule has 0 unspecified atom stereocenters. The SMILES string of the molecule is Sc1ccccc1.Sc1ccccc1.Sc1ccccc1.[Sn]. The van der Waals surface area contributed by atoms with Crippen molar-refractivity contribution in [1.29, 1.82) is 0 Å². The van der Waals surface area contributed by atoms with Crippen LogP contribution < -0.4 is 0 Å². The molecule has 0 fully saturated rings. The second-order valence-corrected chi connectivity index (χ2v) is 5.56. The third-order valence-electron chi connectivity index (χ3n) is 2.27. The van der Waals surface area contributed by atoms with Gasteiger partial charge in [0.25, 0.3) is 0 Å². The zero-order valence-corrected chi connectivity index (χ0v) is 17.5. The van der Waals surface area contributed by atoms with Gasteiger partial charge in [-0.25, -0.2) is 0 Å². The van der Waals surface area contributed by atoms with Gasteiger partial charge in [0, 0.05) is 38.6 Å². The van der Waals surface area contributed by atoms with Crippen LogP contribution in [0.1, 0.15) is 0 Å². The summed E-state index contributed by atoms with van der Waals surface area (Å²) in [5.41, 5.74) is 0. The summed E-state index contributed by atoms with van der Waals surface area (Å²) in [6, 6.07) is 29.4. The number of benzene rings is 3. The smallest absolute Gasteiger partial charge is 0.00399 e. The molecule has 4 radical (unpaired) electrons. The minimum atomic E-state index is 0. The Morgan fingerprint density at radius 2 is 0.545 bits per heavy atom. The summed E-state index contributed by atoms with van der Waals surface area (Å²) >= 11 is 12.3. The molecule has 0 saturated heterocycles. The van der Waals surface area contributed by atoms with E-state index in [0.717, 1.165) is 14.7 Å². The first-order chi connectivity index (χ1) is 10.2. The molecular weight excluding hydrogens is 431 g/mol. The molecule has 4 heteroatoms. The van der Waals surface area contributed by atoms with E-state index >= 15 is 0 Å². The number of rotatable bonds is 0. The van der Waals surface area contributed by atoms with E-state index in [1.165, 1.54) is 0 Å². The van der Waals surface area contributed by atoms with Crippen molar-refractivity contribution >= 4 is 61.8 Å². The molecule has 0 heterocycles. The fraction of sp³-hybridized carbons (Fsp3) is 0. The third-order valence-corrected chi connectivity index (χ3v) is 3.16. The number of hydrogen-bond donors (Lipinski definition) is 3. The molecule has 0 N–H and O–H groups in total. The minimum Gasteiger partial charge on any atom is -0.143 e. The molecule has 3 aromatic carbocycles. The van der Waals surface area contributed by atoms with Gasteiger partial charge in [0.2, 0.25) is 0 Å². The molecule has 3 aromatic rings. The standard InChI is InChI=1S/3C6H6S.Sn/c3*7-6-4-2-1-3-5-6;/h3*1-5,7H;. The Morgan fingerprint density at radius 1 is 0.364 bits per heavy atom. The second kappa shape index (κ2) is 14.1. The van der Waals surface area contributed by atoms with E-state index in [1.807, 2.05) is 91.0 Å². The van der Waals surface area contributed by atoms with Crippen LogP contribution in [0.15, 0.2) is 106 Å². The first kappa shape index (κ1) is 21.5.